The van der Waals surface area contributed by atoms with Crippen LogP contribution < -0.4 is 10.5 Å². The summed E-state index contributed by atoms with van der Waals surface area (Å²) in [5.41, 5.74) is 8.02. The van der Waals surface area contributed by atoms with Crippen molar-refractivity contribution < 1.29 is 23.8 Å². The van der Waals surface area contributed by atoms with Crippen molar-refractivity contribution in [2.45, 2.75) is 39.9 Å². The van der Waals surface area contributed by atoms with Crippen molar-refractivity contribution in [2.24, 2.45) is 0 Å². The number of methoxy groups -OCH3 is 1. The maximum atomic E-state index is 12.5. The molecular formula is C23H27NO5. The zero-order chi connectivity index (χ0) is 21.6. The van der Waals surface area contributed by atoms with E-state index in [2.05, 4.69) is 0 Å². The fraction of sp³-hybridized carbons (Fsp3) is 0.304. The average Bonchev–Trinajstić information content (AvgIpc) is 2.66. The molecule has 6 heteroatoms. The number of hydrogen-bond donors (Lipinski definition) is 1. The van der Waals surface area contributed by atoms with Crippen LogP contribution in [0.15, 0.2) is 48.0 Å². The number of anilines is 1. The molecular weight excluding hydrogens is 370 g/mol. The molecule has 0 radical (unpaired) electrons. The molecule has 0 amide bonds. The number of ether oxygens (including phenoxy) is 3. The minimum atomic E-state index is -0.777. The third-order valence-corrected chi connectivity index (χ3v) is 3.94. The second-order valence-electron chi connectivity index (χ2n) is 7.58. The van der Waals surface area contributed by atoms with Gasteiger partial charge in [-0.1, -0.05) is 30.3 Å². The number of aryl methyl sites for hydroxylation is 1. The maximum Gasteiger partial charge on any atom is 0.346 e. The van der Waals surface area contributed by atoms with Gasteiger partial charge < -0.3 is 19.9 Å². The Kier molecular flexibility index (Phi) is 7.04. The van der Waals surface area contributed by atoms with E-state index < -0.39 is 17.5 Å². The standard InChI is InChI=1S/C23H27NO5/c1-15-11-17(12-18(21(25)27-5)22(26)29-23(2,3)4)13-19(20(15)24)28-14-16-9-7-6-8-10-16/h6-13H,14,24H2,1-5H3. The quantitative estimate of drug-likeness (QED) is 0.260. The smallest absolute Gasteiger partial charge is 0.346 e. The largest absolute Gasteiger partial charge is 0.487 e. The van der Waals surface area contributed by atoms with Gasteiger partial charge in [-0.15, -0.1) is 0 Å². The minimum absolute atomic E-state index is 0.208. The van der Waals surface area contributed by atoms with Gasteiger partial charge in [0.05, 0.1) is 12.8 Å². The van der Waals surface area contributed by atoms with Crippen molar-refractivity contribution in [3.63, 3.8) is 0 Å². The van der Waals surface area contributed by atoms with Crippen LogP contribution >= 0.6 is 0 Å². The maximum absolute atomic E-state index is 12.5. The predicted molar refractivity (Wildman–Crippen MR) is 112 cm³/mol. The normalized spacial score (nSPS) is 11.7. The first-order valence-corrected chi connectivity index (χ1v) is 9.21. The van der Waals surface area contributed by atoms with E-state index in [9.17, 15) is 9.59 Å². The second kappa shape index (κ2) is 9.28. The number of rotatable bonds is 6. The van der Waals surface area contributed by atoms with Gasteiger partial charge in [-0.2, -0.15) is 0 Å². The summed E-state index contributed by atoms with van der Waals surface area (Å²) in [6.45, 7) is 7.34. The van der Waals surface area contributed by atoms with Crippen LogP contribution in [0.5, 0.6) is 5.75 Å². The van der Waals surface area contributed by atoms with Gasteiger partial charge in [0, 0.05) is 0 Å². The molecule has 0 heterocycles. The van der Waals surface area contributed by atoms with E-state index in [1.54, 1.807) is 32.9 Å². The molecule has 0 aromatic heterocycles. The van der Waals surface area contributed by atoms with Crippen LogP contribution in [-0.2, 0) is 25.7 Å². The highest BCUT2D eigenvalue weighted by Crippen LogP contribution is 2.29. The first kappa shape index (κ1) is 22.0. The Balaban J connectivity index is 2.36. The SMILES string of the molecule is COC(=O)C(=Cc1cc(C)c(N)c(OCc2ccccc2)c1)C(=O)OC(C)(C)C. The van der Waals surface area contributed by atoms with Gasteiger partial charge in [-0.05, 0) is 62.6 Å². The minimum Gasteiger partial charge on any atom is -0.487 e. The van der Waals surface area contributed by atoms with E-state index in [1.807, 2.05) is 37.3 Å². The number of carbonyl (C=O) groups is 2. The Hall–Kier alpha value is -3.28. The van der Waals surface area contributed by atoms with E-state index in [-0.39, 0.29) is 5.57 Å². The monoisotopic (exact) mass is 397 g/mol. The Morgan fingerprint density at radius 2 is 1.72 bits per heavy atom. The van der Waals surface area contributed by atoms with E-state index in [0.29, 0.717) is 23.6 Å². The average molecular weight is 397 g/mol. The first-order valence-electron chi connectivity index (χ1n) is 9.21. The van der Waals surface area contributed by atoms with Crippen molar-refractivity contribution in [1.82, 2.24) is 0 Å². The Bertz CT molecular complexity index is 911. The van der Waals surface area contributed by atoms with E-state index in [4.69, 9.17) is 19.9 Å². The summed E-state index contributed by atoms with van der Waals surface area (Å²) >= 11 is 0. The van der Waals surface area contributed by atoms with Crippen LogP contribution in [-0.4, -0.2) is 24.6 Å². The van der Waals surface area contributed by atoms with Gasteiger partial charge in [0.15, 0.2) is 0 Å². The number of hydrogen-bond acceptors (Lipinski definition) is 6. The predicted octanol–water partition coefficient (Wildman–Crippen LogP) is 4.05. The van der Waals surface area contributed by atoms with Gasteiger partial charge in [0.1, 0.15) is 23.5 Å². The van der Waals surface area contributed by atoms with Crippen LogP contribution in [0.3, 0.4) is 0 Å². The molecule has 0 aliphatic carbocycles. The van der Waals surface area contributed by atoms with Crippen LogP contribution in [0, 0.1) is 6.92 Å². The molecule has 0 atom stereocenters. The lowest BCUT2D eigenvalue weighted by molar-refractivity contribution is -0.153. The fourth-order valence-electron chi connectivity index (χ4n) is 2.54. The van der Waals surface area contributed by atoms with Crippen molar-refractivity contribution in [1.29, 1.82) is 0 Å². The van der Waals surface area contributed by atoms with Crippen LogP contribution in [0.2, 0.25) is 0 Å². The van der Waals surface area contributed by atoms with Crippen LogP contribution in [0.25, 0.3) is 6.08 Å². The Morgan fingerprint density at radius 3 is 2.31 bits per heavy atom. The summed E-state index contributed by atoms with van der Waals surface area (Å²) in [6, 6.07) is 13.1. The molecule has 154 valence electrons. The first-order chi connectivity index (χ1) is 13.6. The van der Waals surface area contributed by atoms with Crippen molar-refractivity contribution in [2.75, 3.05) is 12.8 Å². The summed E-state index contributed by atoms with van der Waals surface area (Å²) in [6.07, 6.45) is 1.42. The molecule has 2 aromatic carbocycles. The highest BCUT2D eigenvalue weighted by Gasteiger charge is 2.25. The number of carbonyl (C=O) groups excluding carboxylic acids is 2. The molecule has 0 spiro atoms. The molecule has 0 saturated heterocycles. The Labute approximate surface area is 171 Å². The molecule has 2 aromatic rings. The zero-order valence-electron chi connectivity index (χ0n) is 17.4. The van der Waals surface area contributed by atoms with Crippen LogP contribution in [0.1, 0.15) is 37.5 Å². The molecule has 2 rings (SSSR count). The molecule has 0 saturated carbocycles. The summed E-state index contributed by atoms with van der Waals surface area (Å²) in [5, 5.41) is 0. The van der Waals surface area contributed by atoms with Crippen molar-refractivity contribution in [3.05, 3.63) is 64.7 Å². The summed E-state index contributed by atoms with van der Waals surface area (Å²) in [4.78, 5) is 24.6. The van der Waals surface area contributed by atoms with E-state index in [0.717, 1.165) is 11.1 Å². The summed E-state index contributed by atoms with van der Waals surface area (Å²) < 4.78 is 15.9. The topological polar surface area (TPSA) is 87.9 Å². The highest BCUT2D eigenvalue weighted by atomic mass is 16.6. The number of nitrogen functional groups attached to an aromatic ring is 1. The van der Waals surface area contributed by atoms with Gasteiger partial charge >= 0.3 is 11.9 Å². The van der Waals surface area contributed by atoms with Crippen molar-refractivity contribution >= 4 is 23.7 Å². The number of nitrogens with two attached hydrogens (primary N) is 1. The van der Waals surface area contributed by atoms with Gasteiger partial charge in [-0.25, -0.2) is 9.59 Å². The summed E-state index contributed by atoms with van der Waals surface area (Å²) in [5.74, 6) is -1.07. The fourth-order valence-corrected chi connectivity index (χ4v) is 2.54. The third-order valence-electron chi connectivity index (χ3n) is 3.94. The third kappa shape index (κ3) is 6.38. The lowest BCUT2D eigenvalue weighted by Gasteiger charge is -2.20. The lowest BCUT2D eigenvalue weighted by Crippen LogP contribution is -2.27. The Morgan fingerprint density at radius 1 is 1.07 bits per heavy atom. The molecule has 29 heavy (non-hydrogen) atoms. The molecule has 0 aliphatic heterocycles. The highest BCUT2D eigenvalue weighted by molar-refractivity contribution is 6.17. The zero-order valence-corrected chi connectivity index (χ0v) is 17.4. The molecule has 6 nitrogen and oxygen atoms in total. The second-order valence-corrected chi connectivity index (χ2v) is 7.58. The summed E-state index contributed by atoms with van der Waals surface area (Å²) in [7, 11) is 1.21. The number of esters is 2. The molecule has 0 aliphatic rings. The van der Waals surface area contributed by atoms with Gasteiger partial charge in [0.25, 0.3) is 0 Å². The molecule has 0 unspecified atom stereocenters. The molecule has 0 fully saturated rings. The number of benzene rings is 2. The van der Waals surface area contributed by atoms with Gasteiger partial charge in [0.2, 0.25) is 0 Å². The lowest BCUT2D eigenvalue weighted by atomic mass is 10.1. The van der Waals surface area contributed by atoms with E-state index >= 15 is 0 Å². The van der Waals surface area contributed by atoms with Crippen LogP contribution in [0.4, 0.5) is 5.69 Å². The van der Waals surface area contributed by atoms with Crippen molar-refractivity contribution in [3.8, 4) is 5.75 Å². The molecule has 2 N–H and O–H groups in total. The van der Waals surface area contributed by atoms with Gasteiger partial charge in [-0.3, -0.25) is 0 Å². The molecule has 0 bridgehead atoms. The van der Waals surface area contributed by atoms with E-state index in [1.165, 1.54) is 13.2 Å².